The first-order valence-corrected chi connectivity index (χ1v) is 11.5. The van der Waals surface area contributed by atoms with E-state index in [1.54, 1.807) is 0 Å². The maximum absolute atomic E-state index is 12.2. The maximum atomic E-state index is 12.2. The molecule has 1 N–H and O–H groups in total. The molecular weight excluding hydrogens is 372 g/mol. The van der Waals surface area contributed by atoms with E-state index in [1.165, 1.54) is 16.1 Å². The third kappa shape index (κ3) is 6.68. The predicted octanol–water partition coefficient (Wildman–Crippen LogP) is 3.72. The second-order valence-corrected chi connectivity index (χ2v) is 8.98. The molecule has 1 amide bonds. The second kappa shape index (κ2) is 10.3. The number of hydrogen-bond acceptors (Lipinski definition) is 3. The van der Waals surface area contributed by atoms with Gasteiger partial charge in [0.1, 0.15) is 0 Å². The van der Waals surface area contributed by atoms with Crippen LogP contribution in [-0.2, 0) is 21.2 Å². The number of rotatable bonds is 10. The summed E-state index contributed by atoms with van der Waals surface area (Å²) in [7, 11) is -3.40. The number of amides is 1. The van der Waals surface area contributed by atoms with E-state index in [4.69, 9.17) is 0 Å². The minimum absolute atomic E-state index is 0.0578. The Kier molecular flexibility index (Phi) is 8.05. The molecule has 0 radical (unpaired) electrons. The summed E-state index contributed by atoms with van der Waals surface area (Å²) in [6.45, 7) is 4.98. The number of nitrogens with one attached hydrogen (secondary N) is 1. The van der Waals surface area contributed by atoms with Crippen molar-refractivity contribution in [2.24, 2.45) is 0 Å². The quantitative estimate of drug-likeness (QED) is 0.659. The van der Waals surface area contributed by atoms with E-state index in [0.29, 0.717) is 25.1 Å². The summed E-state index contributed by atoms with van der Waals surface area (Å²) in [6.07, 6.45) is 2.86. The molecule has 2 aromatic rings. The van der Waals surface area contributed by atoms with Crippen LogP contribution in [0.4, 0.5) is 5.69 Å². The lowest BCUT2D eigenvalue weighted by atomic mass is 10.0. The normalized spacial score (nSPS) is 12.4. The van der Waals surface area contributed by atoms with Gasteiger partial charge in [0.15, 0.2) is 0 Å². The van der Waals surface area contributed by atoms with Crippen LogP contribution in [0.15, 0.2) is 54.6 Å². The number of carbonyl (C=O) groups is 1. The molecule has 0 aromatic heterocycles. The van der Waals surface area contributed by atoms with Gasteiger partial charge in [0, 0.05) is 19.5 Å². The highest BCUT2D eigenvalue weighted by Crippen LogP contribution is 2.19. The van der Waals surface area contributed by atoms with Crippen LogP contribution in [0.5, 0.6) is 0 Å². The highest BCUT2D eigenvalue weighted by Gasteiger charge is 2.17. The molecule has 2 aromatic carbocycles. The first-order chi connectivity index (χ1) is 13.3. The van der Waals surface area contributed by atoms with Gasteiger partial charge in [0.2, 0.25) is 15.9 Å². The van der Waals surface area contributed by atoms with Crippen LogP contribution < -0.4 is 9.62 Å². The lowest BCUT2D eigenvalue weighted by Gasteiger charge is -2.22. The second-order valence-electron chi connectivity index (χ2n) is 7.07. The van der Waals surface area contributed by atoms with Crippen molar-refractivity contribution in [3.63, 3.8) is 0 Å². The number of hydrogen-bond donors (Lipinski definition) is 1. The number of nitrogens with zero attached hydrogens (tertiary/aromatic N) is 1. The molecule has 5 nitrogen and oxygen atoms in total. The fourth-order valence-electron chi connectivity index (χ4n) is 3.02. The average molecular weight is 403 g/mol. The van der Waals surface area contributed by atoms with Crippen molar-refractivity contribution in [2.75, 3.05) is 23.7 Å². The minimum Gasteiger partial charge on any atom is -0.356 e. The first kappa shape index (κ1) is 22.0. The Hall–Kier alpha value is -2.34. The van der Waals surface area contributed by atoms with Crippen molar-refractivity contribution in [1.29, 1.82) is 0 Å². The molecular formula is C22H30N2O3S. The van der Waals surface area contributed by atoms with Crippen molar-refractivity contribution >= 4 is 21.6 Å². The molecule has 0 heterocycles. The van der Waals surface area contributed by atoms with E-state index in [0.717, 1.165) is 12.0 Å². The van der Waals surface area contributed by atoms with E-state index >= 15 is 0 Å². The van der Waals surface area contributed by atoms with Gasteiger partial charge in [-0.3, -0.25) is 9.10 Å². The van der Waals surface area contributed by atoms with Crippen LogP contribution in [0.25, 0.3) is 0 Å². The van der Waals surface area contributed by atoms with Gasteiger partial charge in [-0.1, -0.05) is 56.3 Å². The van der Waals surface area contributed by atoms with Crippen LogP contribution in [-0.4, -0.2) is 33.7 Å². The number of aryl methyl sites for hydroxylation is 1. The number of anilines is 1. The van der Waals surface area contributed by atoms with Gasteiger partial charge in [-0.05, 0) is 42.0 Å². The minimum atomic E-state index is -3.40. The molecule has 0 bridgehead atoms. The summed E-state index contributed by atoms with van der Waals surface area (Å²) >= 11 is 0. The molecule has 0 aliphatic carbocycles. The smallest absolute Gasteiger partial charge is 0.232 e. The van der Waals surface area contributed by atoms with E-state index in [1.807, 2.05) is 54.6 Å². The summed E-state index contributed by atoms with van der Waals surface area (Å²) in [5, 5.41) is 2.94. The van der Waals surface area contributed by atoms with Gasteiger partial charge in [-0.15, -0.1) is 0 Å². The lowest BCUT2D eigenvalue weighted by molar-refractivity contribution is -0.121. The fourth-order valence-corrected chi connectivity index (χ4v) is 3.99. The van der Waals surface area contributed by atoms with Gasteiger partial charge in [-0.25, -0.2) is 8.42 Å². The highest BCUT2D eigenvalue weighted by atomic mass is 32.2. The Balaban J connectivity index is 1.85. The van der Waals surface area contributed by atoms with Crippen molar-refractivity contribution in [1.82, 2.24) is 5.32 Å². The summed E-state index contributed by atoms with van der Waals surface area (Å²) in [6, 6.07) is 17.5. The molecule has 1 atom stereocenters. The molecule has 6 heteroatoms. The Labute approximate surface area is 168 Å². The Morgan fingerprint density at radius 1 is 1.07 bits per heavy atom. The molecule has 0 aliphatic rings. The zero-order valence-electron chi connectivity index (χ0n) is 16.9. The Bertz CT molecular complexity index is 849. The fraction of sp³-hybridized carbons (Fsp3) is 0.409. The molecule has 0 saturated heterocycles. The number of carbonyl (C=O) groups excluding carboxylic acids is 1. The molecule has 28 heavy (non-hydrogen) atoms. The zero-order chi connectivity index (χ0) is 20.6. The monoisotopic (exact) mass is 402 g/mol. The van der Waals surface area contributed by atoms with Gasteiger partial charge < -0.3 is 5.32 Å². The average Bonchev–Trinajstić information content (AvgIpc) is 2.69. The van der Waals surface area contributed by atoms with Crippen molar-refractivity contribution < 1.29 is 13.2 Å². The van der Waals surface area contributed by atoms with Crippen molar-refractivity contribution in [2.45, 2.75) is 39.0 Å². The summed E-state index contributed by atoms with van der Waals surface area (Å²) in [4.78, 5) is 12.2. The summed E-state index contributed by atoms with van der Waals surface area (Å²) in [5.74, 6) is 0.173. The lowest BCUT2D eigenvalue weighted by Crippen LogP contribution is -2.32. The zero-order valence-corrected chi connectivity index (χ0v) is 17.7. The van der Waals surface area contributed by atoms with E-state index in [-0.39, 0.29) is 18.4 Å². The maximum Gasteiger partial charge on any atom is 0.232 e. The van der Waals surface area contributed by atoms with Gasteiger partial charge in [0.25, 0.3) is 0 Å². The van der Waals surface area contributed by atoms with Crippen LogP contribution >= 0.6 is 0 Å². The number of sulfonamides is 1. The van der Waals surface area contributed by atoms with E-state index in [2.05, 4.69) is 19.2 Å². The van der Waals surface area contributed by atoms with E-state index < -0.39 is 10.0 Å². The molecule has 2 rings (SSSR count). The van der Waals surface area contributed by atoms with Crippen molar-refractivity contribution in [3.05, 3.63) is 65.7 Å². The van der Waals surface area contributed by atoms with E-state index in [9.17, 15) is 13.2 Å². The first-order valence-electron chi connectivity index (χ1n) is 9.69. The Morgan fingerprint density at radius 2 is 1.71 bits per heavy atom. The topological polar surface area (TPSA) is 66.5 Å². The van der Waals surface area contributed by atoms with Crippen LogP contribution in [0.2, 0.25) is 0 Å². The molecule has 0 saturated carbocycles. The molecule has 0 spiro atoms. The largest absolute Gasteiger partial charge is 0.356 e. The van der Waals surface area contributed by atoms with Crippen LogP contribution in [0.1, 0.15) is 43.7 Å². The van der Waals surface area contributed by atoms with Gasteiger partial charge >= 0.3 is 0 Å². The van der Waals surface area contributed by atoms with Crippen LogP contribution in [0.3, 0.4) is 0 Å². The highest BCUT2D eigenvalue weighted by molar-refractivity contribution is 7.92. The standard InChI is InChI=1S/C22H30N2O3S/c1-4-19-12-14-21(15-13-19)24(28(3,26)27)16-8-11-22(25)23-17-18(2)20-9-6-5-7-10-20/h5-7,9-10,12-15,18H,4,8,11,16-17H2,1-3H3,(H,23,25)/t18-/m0/s1. The van der Waals surface area contributed by atoms with Crippen molar-refractivity contribution in [3.8, 4) is 0 Å². The third-order valence-corrected chi connectivity index (χ3v) is 5.97. The Morgan fingerprint density at radius 3 is 2.29 bits per heavy atom. The SMILES string of the molecule is CCc1ccc(N(CCCC(=O)NC[C@H](C)c2ccccc2)S(C)(=O)=O)cc1. The van der Waals surface area contributed by atoms with Gasteiger partial charge in [0.05, 0.1) is 11.9 Å². The molecule has 0 aliphatic heterocycles. The molecule has 0 unspecified atom stereocenters. The van der Waals surface area contributed by atoms with Crippen LogP contribution in [0, 0.1) is 0 Å². The summed E-state index contributed by atoms with van der Waals surface area (Å²) in [5.41, 5.74) is 2.98. The van der Waals surface area contributed by atoms with Gasteiger partial charge in [-0.2, -0.15) is 0 Å². The molecule has 152 valence electrons. The predicted molar refractivity (Wildman–Crippen MR) is 115 cm³/mol. The number of benzene rings is 2. The third-order valence-electron chi connectivity index (χ3n) is 4.77. The molecule has 0 fully saturated rings. The summed E-state index contributed by atoms with van der Waals surface area (Å²) < 4.78 is 25.7.